The highest BCUT2D eigenvalue weighted by Gasteiger charge is 2.21. The largest absolute Gasteiger partial charge is 0.189 e. The summed E-state index contributed by atoms with van der Waals surface area (Å²) in [6.45, 7) is 0. The fourth-order valence-corrected chi connectivity index (χ4v) is 5.36. The molecule has 48 valence electrons. The normalized spacial score (nSPS) is 22.9. The first-order valence-corrected chi connectivity index (χ1v) is 10.1. The van der Waals surface area contributed by atoms with Crippen LogP contribution in [0.2, 0.25) is 5.54 Å². The second-order valence-electron chi connectivity index (χ2n) is 2.38. The van der Waals surface area contributed by atoms with Gasteiger partial charge < -0.3 is 0 Å². The van der Waals surface area contributed by atoms with Gasteiger partial charge in [-0.25, -0.2) is 0 Å². The molecule has 0 nitrogen and oxygen atoms in total. The van der Waals surface area contributed by atoms with Crippen molar-refractivity contribution in [2.45, 2.75) is 31.2 Å². The van der Waals surface area contributed by atoms with E-state index >= 15 is 0 Å². The minimum absolute atomic E-state index is 0.598. The van der Waals surface area contributed by atoms with Crippen molar-refractivity contribution in [2.75, 3.05) is 0 Å². The Kier molecular flexibility index (Phi) is 3.07. The Morgan fingerprint density at radius 1 is 1.12 bits per heavy atom. The van der Waals surface area contributed by atoms with Gasteiger partial charge in [-0.05, 0) is 5.54 Å². The van der Waals surface area contributed by atoms with Crippen molar-refractivity contribution in [3.63, 3.8) is 0 Å². The molecular weight excluding hydrogens is 248 g/mol. The monoisotopic (exact) mass is 256 g/mol. The van der Waals surface area contributed by atoms with Crippen LogP contribution in [-0.4, -0.2) is 6.04 Å². The number of halogens is 2. The van der Waals surface area contributed by atoms with Crippen molar-refractivity contribution >= 4 is 36.6 Å². The molecular formula is C5H10Br2Si. The van der Waals surface area contributed by atoms with Crippen LogP contribution in [0.1, 0.15) is 25.7 Å². The lowest BCUT2D eigenvalue weighted by Gasteiger charge is -2.05. The van der Waals surface area contributed by atoms with Gasteiger partial charge in [-0.15, -0.1) is 30.6 Å². The molecule has 1 aliphatic rings. The number of rotatable bonds is 1. The highest BCUT2D eigenvalue weighted by atomic mass is 79.9. The summed E-state index contributed by atoms with van der Waals surface area (Å²) in [7, 11) is 0. The average molecular weight is 258 g/mol. The molecule has 0 saturated heterocycles. The maximum atomic E-state index is 3.66. The molecule has 3 heteroatoms. The van der Waals surface area contributed by atoms with Crippen molar-refractivity contribution in [1.82, 2.24) is 0 Å². The van der Waals surface area contributed by atoms with E-state index in [0.29, 0.717) is 0 Å². The third-order valence-electron chi connectivity index (χ3n) is 1.76. The molecule has 0 amide bonds. The molecule has 1 rings (SSSR count). The van der Waals surface area contributed by atoms with Gasteiger partial charge >= 0.3 is 0 Å². The first-order valence-electron chi connectivity index (χ1n) is 3.09. The highest BCUT2D eigenvalue weighted by molar-refractivity contribution is 9.49. The first kappa shape index (κ1) is 7.29. The van der Waals surface area contributed by atoms with E-state index in [2.05, 4.69) is 30.6 Å². The van der Waals surface area contributed by atoms with Crippen molar-refractivity contribution < 1.29 is 0 Å². The Bertz CT molecular complexity index is 68.8. The minimum atomic E-state index is -0.598. The third-order valence-corrected chi connectivity index (χ3v) is 7.62. The molecule has 0 radical (unpaired) electrons. The van der Waals surface area contributed by atoms with Gasteiger partial charge in [-0.3, -0.25) is 0 Å². The molecule has 0 aliphatic heterocycles. The van der Waals surface area contributed by atoms with Gasteiger partial charge in [0, 0.05) is 0 Å². The van der Waals surface area contributed by atoms with Crippen molar-refractivity contribution in [2.24, 2.45) is 0 Å². The fourth-order valence-electron chi connectivity index (χ4n) is 1.21. The van der Waals surface area contributed by atoms with Gasteiger partial charge in [0.2, 0.25) is 0 Å². The quantitative estimate of drug-likeness (QED) is 0.501. The number of hydrogen-bond donors (Lipinski definition) is 0. The predicted molar refractivity (Wildman–Crippen MR) is 47.2 cm³/mol. The van der Waals surface area contributed by atoms with Crippen LogP contribution in [0.25, 0.3) is 0 Å². The summed E-state index contributed by atoms with van der Waals surface area (Å²) in [6.07, 6.45) is 5.86. The first-order chi connectivity index (χ1) is 3.80. The lowest BCUT2D eigenvalue weighted by Crippen LogP contribution is -1.99. The van der Waals surface area contributed by atoms with Gasteiger partial charge in [-0.2, -0.15) is 0 Å². The summed E-state index contributed by atoms with van der Waals surface area (Å²) in [6, 6.07) is -0.598. The Balaban J connectivity index is 2.24. The summed E-state index contributed by atoms with van der Waals surface area (Å²) in [4.78, 5) is 0. The van der Waals surface area contributed by atoms with Gasteiger partial charge in [0.15, 0.2) is 6.04 Å². The third kappa shape index (κ3) is 1.85. The van der Waals surface area contributed by atoms with Crippen LogP contribution in [0, 0.1) is 0 Å². The fraction of sp³-hybridized carbons (Fsp3) is 1.00. The average Bonchev–Trinajstić information content (AvgIpc) is 2.12. The Morgan fingerprint density at radius 2 is 1.62 bits per heavy atom. The molecule has 0 spiro atoms. The zero-order valence-corrected chi connectivity index (χ0v) is 9.07. The van der Waals surface area contributed by atoms with Gasteiger partial charge in [0.25, 0.3) is 0 Å². The van der Waals surface area contributed by atoms with Crippen LogP contribution in [0.15, 0.2) is 0 Å². The lowest BCUT2D eigenvalue weighted by molar-refractivity contribution is 0.875. The summed E-state index contributed by atoms with van der Waals surface area (Å²) in [5.41, 5.74) is 1.04. The molecule has 0 bridgehead atoms. The van der Waals surface area contributed by atoms with E-state index in [9.17, 15) is 0 Å². The molecule has 1 aliphatic carbocycles. The molecule has 1 fully saturated rings. The lowest BCUT2D eigenvalue weighted by atomic mass is 10.4. The summed E-state index contributed by atoms with van der Waals surface area (Å²) in [5.74, 6) is 0. The standard InChI is InChI=1S/C5H10Br2Si/c6-8(7)5-3-1-2-4-5/h5,8H,1-4H2. The van der Waals surface area contributed by atoms with E-state index in [1.54, 1.807) is 0 Å². The molecule has 0 aromatic carbocycles. The Labute approximate surface area is 67.8 Å². The van der Waals surface area contributed by atoms with Gasteiger partial charge in [0.05, 0.1) is 0 Å². The summed E-state index contributed by atoms with van der Waals surface area (Å²) >= 11 is 7.31. The second kappa shape index (κ2) is 3.37. The topological polar surface area (TPSA) is 0 Å². The van der Waals surface area contributed by atoms with E-state index in [4.69, 9.17) is 0 Å². The van der Waals surface area contributed by atoms with Crippen LogP contribution in [-0.2, 0) is 0 Å². The zero-order valence-electron chi connectivity index (χ0n) is 4.74. The molecule has 0 unspecified atom stereocenters. The maximum Gasteiger partial charge on any atom is 0.189 e. The Morgan fingerprint density at radius 3 is 1.88 bits per heavy atom. The van der Waals surface area contributed by atoms with Gasteiger partial charge in [-0.1, -0.05) is 25.7 Å². The van der Waals surface area contributed by atoms with Crippen LogP contribution < -0.4 is 0 Å². The molecule has 0 aromatic rings. The van der Waals surface area contributed by atoms with E-state index in [1.165, 1.54) is 25.7 Å². The molecule has 1 saturated carbocycles. The van der Waals surface area contributed by atoms with Crippen LogP contribution in [0.4, 0.5) is 0 Å². The SMILES string of the molecule is Br[SiH](Br)C1CCCC1. The van der Waals surface area contributed by atoms with E-state index in [1.807, 2.05) is 0 Å². The highest BCUT2D eigenvalue weighted by Crippen LogP contribution is 2.36. The predicted octanol–water partition coefficient (Wildman–Crippen LogP) is 2.94. The minimum Gasteiger partial charge on any atom is -0.115 e. The Hall–Kier alpha value is 1.18. The van der Waals surface area contributed by atoms with Crippen molar-refractivity contribution in [3.8, 4) is 0 Å². The molecule has 0 aromatic heterocycles. The molecule has 0 atom stereocenters. The van der Waals surface area contributed by atoms with E-state index in [0.717, 1.165) is 5.54 Å². The molecule has 8 heavy (non-hydrogen) atoms. The number of hydrogen-bond acceptors (Lipinski definition) is 0. The zero-order chi connectivity index (χ0) is 5.98. The second-order valence-corrected chi connectivity index (χ2v) is 13.6. The smallest absolute Gasteiger partial charge is 0.115 e. The van der Waals surface area contributed by atoms with E-state index < -0.39 is 6.04 Å². The van der Waals surface area contributed by atoms with Crippen LogP contribution in [0.3, 0.4) is 0 Å². The van der Waals surface area contributed by atoms with Crippen LogP contribution >= 0.6 is 30.6 Å². The van der Waals surface area contributed by atoms with Crippen LogP contribution in [0.5, 0.6) is 0 Å². The van der Waals surface area contributed by atoms with Crippen molar-refractivity contribution in [3.05, 3.63) is 0 Å². The summed E-state index contributed by atoms with van der Waals surface area (Å²) in [5, 5.41) is 0. The van der Waals surface area contributed by atoms with Gasteiger partial charge in [0.1, 0.15) is 0 Å². The van der Waals surface area contributed by atoms with Crippen molar-refractivity contribution in [1.29, 1.82) is 0 Å². The molecule has 0 heterocycles. The summed E-state index contributed by atoms with van der Waals surface area (Å²) < 4.78 is 0. The maximum absolute atomic E-state index is 3.66. The van der Waals surface area contributed by atoms with E-state index in [-0.39, 0.29) is 0 Å². The molecule has 0 N–H and O–H groups in total.